The van der Waals surface area contributed by atoms with E-state index in [0.29, 0.717) is 17.2 Å². The Bertz CT molecular complexity index is 1460. The van der Waals surface area contributed by atoms with E-state index >= 15 is 0 Å². The number of carbonyl (C=O) groups excluding carboxylic acids is 3. The first-order valence-electron chi connectivity index (χ1n) is 12.9. The molecule has 3 heterocycles. The first kappa shape index (κ1) is 32.9. The van der Waals surface area contributed by atoms with Crippen molar-refractivity contribution in [3.05, 3.63) is 47.5 Å². The van der Waals surface area contributed by atoms with Crippen LogP contribution in [0.2, 0.25) is 0 Å². The maximum Gasteiger partial charge on any atom is 0.300 e. The van der Waals surface area contributed by atoms with Crippen LogP contribution in [0, 0.1) is 0 Å². The van der Waals surface area contributed by atoms with E-state index in [1.165, 1.54) is 25.2 Å². The van der Waals surface area contributed by atoms with Crippen LogP contribution in [0.1, 0.15) is 22.8 Å². The molecule has 4 bridgehead atoms. The normalized spacial score (nSPS) is 18.4. The molecule has 0 saturated carbocycles. The van der Waals surface area contributed by atoms with Gasteiger partial charge in [-0.15, -0.1) is 0 Å². The smallest absolute Gasteiger partial charge is 0.300 e. The van der Waals surface area contributed by atoms with Crippen molar-refractivity contribution < 1.29 is 51.6 Å². The molecule has 2 atom stereocenters. The van der Waals surface area contributed by atoms with Crippen LogP contribution in [0.25, 0.3) is 0 Å². The van der Waals surface area contributed by atoms with Crippen LogP contribution in [0.4, 0.5) is 0 Å². The number of amides is 3. The van der Waals surface area contributed by atoms with E-state index in [4.69, 9.17) is 28.8 Å². The van der Waals surface area contributed by atoms with Gasteiger partial charge in [0.1, 0.15) is 6.10 Å². The summed E-state index contributed by atoms with van der Waals surface area (Å²) in [5.74, 6) is -0.827. The van der Waals surface area contributed by atoms with Crippen LogP contribution < -0.4 is 34.3 Å². The van der Waals surface area contributed by atoms with Gasteiger partial charge in [0.25, 0.3) is 17.8 Å². The number of rotatable bonds is 5. The Morgan fingerprint density at radius 3 is 2.42 bits per heavy atom. The number of hydrogen-bond donors (Lipinski definition) is 4. The van der Waals surface area contributed by atoms with Crippen LogP contribution in [0.15, 0.2) is 36.4 Å². The summed E-state index contributed by atoms with van der Waals surface area (Å²) in [7, 11) is -0.654. The lowest BCUT2D eigenvalue weighted by molar-refractivity contribution is -0.134. The van der Waals surface area contributed by atoms with E-state index in [9.17, 15) is 22.8 Å². The second kappa shape index (κ2) is 14.6. The van der Waals surface area contributed by atoms with Crippen molar-refractivity contribution in [2.75, 3.05) is 46.7 Å². The van der Waals surface area contributed by atoms with Gasteiger partial charge in [0.2, 0.25) is 15.9 Å². The monoisotopic (exact) mass is 622 g/mol. The fourth-order valence-electron chi connectivity index (χ4n) is 4.20. The number of fused-ring (bicyclic) bond motifs is 7. The van der Waals surface area contributed by atoms with E-state index in [1.807, 2.05) is 0 Å². The van der Waals surface area contributed by atoms with Gasteiger partial charge >= 0.3 is 0 Å². The average molecular weight is 623 g/mol. The lowest BCUT2D eigenvalue weighted by Crippen LogP contribution is -2.45. The zero-order valence-corrected chi connectivity index (χ0v) is 24.9. The van der Waals surface area contributed by atoms with Crippen molar-refractivity contribution in [1.29, 1.82) is 0 Å². The molecule has 0 aromatic heterocycles. The molecule has 0 spiro atoms. The molecule has 234 valence electrons. The third-order valence-corrected chi connectivity index (χ3v) is 6.87. The Labute approximate surface area is 248 Å². The van der Waals surface area contributed by atoms with E-state index < -0.39 is 46.5 Å². The van der Waals surface area contributed by atoms with E-state index in [1.54, 1.807) is 30.3 Å². The average Bonchev–Trinajstić information content (AvgIpc) is 3.34. The SMILES string of the molecule is CC(=O)O.COc1ccc2cc1OCC(=O)NCc1ccc(c(OC)c1)O[C@H]1CN(C(=O)CNS(C)(=O)=O)C[C@@H]1NC2=O. The summed E-state index contributed by atoms with van der Waals surface area (Å²) in [5.41, 5.74) is 0.982. The predicted molar refractivity (Wildman–Crippen MR) is 152 cm³/mol. The molecule has 3 aliphatic rings. The van der Waals surface area contributed by atoms with E-state index in [-0.39, 0.29) is 43.5 Å². The number of nitrogens with one attached hydrogen (secondary N) is 3. The lowest BCUT2D eigenvalue weighted by Gasteiger charge is -2.22. The summed E-state index contributed by atoms with van der Waals surface area (Å²) >= 11 is 0. The minimum Gasteiger partial charge on any atom is -0.493 e. The molecule has 3 aliphatic heterocycles. The van der Waals surface area contributed by atoms with Gasteiger partial charge < -0.3 is 39.6 Å². The van der Waals surface area contributed by atoms with Crippen molar-refractivity contribution in [2.45, 2.75) is 25.6 Å². The standard InChI is InChI=1S/C25H30N4O9S.C2H4O2/c1-35-18-7-5-16-9-21(18)37-14-23(30)26-10-15-4-6-19(20(8-15)36-2)38-22-13-29(12-17(22)28-25(16)32)24(31)11-27-39(3,33)34;1-2(3)4/h4-9,17,22,27H,10-14H2,1-3H3,(H,26,30)(H,28,32);1H3,(H,3,4)/t17-,22-;/m0./s1. The molecule has 15 nitrogen and oxygen atoms in total. The number of benzene rings is 2. The minimum absolute atomic E-state index is 0.0824. The minimum atomic E-state index is -3.57. The summed E-state index contributed by atoms with van der Waals surface area (Å²) in [6.45, 7) is 0.738. The zero-order chi connectivity index (χ0) is 31.7. The molecule has 1 saturated heterocycles. The molecule has 4 N–H and O–H groups in total. The molecule has 3 amide bonds. The quantitative estimate of drug-likeness (QED) is 0.343. The van der Waals surface area contributed by atoms with Crippen LogP contribution in [0.5, 0.6) is 23.0 Å². The summed E-state index contributed by atoms with van der Waals surface area (Å²) in [6, 6.07) is 9.05. The van der Waals surface area contributed by atoms with Gasteiger partial charge in [-0.1, -0.05) is 6.07 Å². The number of carboxylic acids is 1. The van der Waals surface area contributed by atoms with Gasteiger partial charge in [-0.05, 0) is 35.9 Å². The predicted octanol–water partition coefficient (Wildman–Crippen LogP) is -0.259. The summed E-state index contributed by atoms with van der Waals surface area (Å²) < 4.78 is 47.8. The molecule has 0 aliphatic carbocycles. The van der Waals surface area contributed by atoms with E-state index in [0.717, 1.165) is 18.7 Å². The Hall–Kier alpha value is -4.57. The van der Waals surface area contributed by atoms with Gasteiger partial charge in [-0.3, -0.25) is 19.2 Å². The topological polar surface area (TPSA) is 199 Å². The van der Waals surface area contributed by atoms with Crippen LogP contribution in [-0.2, 0) is 31.0 Å². The molecule has 1 fully saturated rings. The van der Waals surface area contributed by atoms with Crippen LogP contribution >= 0.6 is 0 Å². The number of sulfonamides is 1. The van der Waals surface area contributed by atoms with Gasteiger partial charge in [-0.2, -0.15) is 0 Å². The number of methoxy groups -OCH3 is 2. The Balaban J connectivity index is 0.00000119. The Kier molecular flexibility index (Phi) is 11.1. The third-order valence-electron chi connectivity index (χ3n) is 6.20. The highest BCUT2D eigenvalue weighted by atomic mass is 32.2. The fraction of sp³-hybridized carbons (Fsp3) is 0.407. The maximum atomic E-state index is 13.2. The number of aliphatic carboxylic acids is 1. The molecule has 43 heavy (non-hydrogen) atoms. The summed E-state index contributed by atoms with van der Waals surface area (Å²) in [5, 5.41) is 13.1. The highest BCUT2D eigenvalue weighted by Crippen LogP contribution is 2.32. The molecule has 2 aromatic rings. The van der Waals surface area contributed by atoms with E-state index in [2.05, 4.69) is 15.4 Å². The van der Waals surface area contributed by atoms with Crippen molar-refractivity contribution in [1.82, 2.24) is 20.3 Å². The summed E-state index contributed by atoms with van der Waals surface area (Å²) in [6.07, 6.45) is 0.284. The van der Waals surface area contributed by atoms with Gasteiger partial charge in [0.15, 0.2) is 29.6 Å². The van der Waals surface area contributed by atoms with Gasteiger partial charge in [0, 0.05) is 25.6 Å². The van der Waals surface area contributed by atoms with Crippen LogP contribution in [0.3, 0.4) is 0 Å². The van der Waals surface area contributed by atoms with Crippen molar-refractivity contribution in [3.63, 3.8) is 0 Å². The van der Waals surface area contributed by atoms with Crippen LogP contribution in [-0.4, -0.2) is 101 Å². The zero-order valence-electron chi connectivity index (χ0n) is 24.0. The number of likely N-dealkylation sites (tertiary alicyclic amines) is 1. The highest BCUT2D eigenvalue weighted by Gasteiger charge is 2.38. The Morgan fingerprint density at radius 2 is 1.77 bits per heavy atom. The number of nitrogens with zero attached hydrogens (tertiary/aromatic N) is 1. The van der Waals surface area contributed by atoms with Gasteiger partial charge in [0.05, 0.1) is 39.6 Å². The number of ether oxygens (including phenoxy) is 4. The fourth-order valence-corrected chi connectivity index (χ4v) is 4.59. The van der Waals surface area contributed by atoms with Crippen molar-refractivity contribution >= 4 is 33.7 Å². The Morgan fingerprint density at radius 1 is 1.07 bits per heavy atom. The second-order valence-electron chi connectivity index (χ2n) is 9.56. The van der Waals surface area contributed by atoms with Gasteiger partial charge in [-0.25, -0.2) is 13.1 Å². The summed E-state index contributed by atoms with van der Waals surface area (Å²) in [4.78, 5) is 48.8. The first-order chi connectivity index (χ1) is 20.3. The van der Waals surface area contributed by atoms with Crippen molar-refractivity contribution in [2.24, 2.45) is 0 Å². The molecular formula is C27H34N4O11S. The molecule has 16 heteroatoms. The maximum absolute atomic E-state index is 13.2. The lowest BCUT2D eigenvalue weighted by atomic mass is 10.1. The highest BCUT2D eigenvalue weighted by molar-refractivity contribution is 7.88. The molecular weight excluding hydrogens is 588 g/mol. The largest absolute Gasteiger partial charge is 0.493 e. The van der Waals surface area contributed by atoms with Crippen molar-refractivity contribution in [3.8, 4) is 23.0 Å². The molecule has 0 unspecified atom stereocenters. The molecule has 5 rings (SSSR count). The third kappa shape index (κ3) is 9.75. The first-order valence-corrected chi connectivity index (χ1v) is 14.8. The number of hydrogen-bond acceptors (Lipinski definition) is 10. The molecule has 0 radical (unpaired) electrons. The molecule has 2 aromatic carbocycles. The number of carbonyl (C=O) groups is 4. The second-order valence-corrected chi connectivity index (χ2v) is 11.4. The number of carboxylic acid groups (broad SMARTS) is 1.